The van der Waals surface area contributed by atoms with E-state index in [1.54, 1.807) is 7.11 Å². The quantitative estimate of drug-likeness (QED) is 0.546. The molecule has 2 nitrogen and oxygen atoms in total. The fraction of sp³-hybridized carbons (Fsp3) is 0.667. The van der Waals surface area contributed by atoms with Crippen molar-refractivity contribution < 1.29 is 4.74 Å². The van der Waals surface area contributed by atoms with Gasteiger partial charge in [0.15, 0.2) is 0 Å². The van der Waals surface area contributed by atoms with E-state index in [4.69, 9.17) is 4.74 Å². The SMILES string of the molecule is C=C(C)NCCOC. The lowest BCUT2D eigenvalue weighted by Gasteiger charge is -2.01. The van der Waals surface area contributed by atoms with Gasteiger partial charge in [0, 0.05) is 19.4 Å². The van der Waals surface area contributed by atoms with Crippen molar-refractivity contribution in [3.8, 4) is 0 Å². The highest BCUT2D eigenvalue weighted by molar-refractivity contribution is 4.83. The van der Waals surface area contributed by atoms with Crippen LogP contribution in [0.2, 0.25) is 0 Å². The molecule has 0 amide bonds. The van der Waals surface area contributed by atoms with E-state index >= 15 is 0 Å². The molecule has 8 heavy (non-hydrogen) atoms. The molecule has 0 saturated carbocycles. The van der Waals surface area contributed by atoms with Gasteiger partial charge in [0.1, 0.15) is 0 Å². The van der Waals surface area contributed by atoms with Crippen LogP contribution in [0.4, 0.5) is 0 Å². The molecule has 0 rings (SSSR count). The van der Waals surface area contributed by atoms with Gasteiger partial charge < -0.3 is 10.1 Å². The van der Waals surface area contributed by atoms with Crippen LogP contribution in [0.5, 0.6) is 0 Å². The van der Waals surface area contributed by atoms with Crippen LogP contribution in [0.3, 0.4) is 0 Å². The summed E-state index contributed by atoms with van der Waals surface area (Å²) in [6, 6.07) is 0. The molecule has 0 spiro atoms. The molecule has 0 aliphatic heterocycles. The molecule has 0 radical (unpaired) electrons. The zero-order valence-corrected chi connectivity index (χ0v) is 5.53. The Morgan fingerprint density at radius 1 is 1.75 bits per heavy atom. The minimum atomic E-state index is 0.743. The van der Waals surface area contributed by atoms with Crippen molar-refractivity contribution in [3.05, 3.63) is 12.3 Å². The lowest BCUT2D eigenvalue weighted by atomic mass is 10.5. The van der Waals surface area contributed by atoms with Gasteiger partial charge in [-0.15, -0.1) is 0 Å². The van der Waals surface area contributed by atoms with E-state index in [-0.39, 0.29) is 0 Å². The molecule has 0 bridgehead atoms. The van der Waals surface area contributed by atoms with Crippen molar-refractivity contribution in [2.45, 2.75) is 6.92 Å². The lowest BCUT2D eigenvalue weighted by Crippen LogP contribution is -2.15. The summed E-state index contributed by atoms with van der Waals surface area (Å²) in [7, 11) is 1.68. The Labute approximate surface area is 50.5 Å². The molecule has 0 aromatic heterocycles. The summed E-state index contributed by atoms with van der Waals surface area (Å²) in [6.07, 6.45) is 0. The number of hydrogen-bond donors (Lipinski definition) is 1. The average Bonchev–Trinajstić information content (AvgIpc) is 1.66. The number of hydrogen-bond acceptors (Lipinski definition) is 2. The van der Waals surface area contributed by atoms with E-state index in [1.165, 1.54) is 0 Å². The summed E-state index contributed by atoms with van der Waals surface area (Å²) in [5.41, 5.74) is 0.988. The van der Waals surface area contributed by atoms with E-state index in [9.17, 15) is 0 Å². The molecule has 0 fully saturated rings. The normalized spacial score (nSPS) is 8.75. The van der Waals surface area contributed by atoms with E-state index in [1.807, 2.05) is 6.92 Å². The minimum absolute atomic E-state index is 0.743. The molecule has 0 heterocycles. The molecule has 0 aromatic rings. The summed E-state index contributed by atoms with van der Waals surface area (Å²) in [6.45, 7) is 7.18. The zero-order chi connectivity index (χ0) is 6.41. The Morgan fingerprint density at radius 2 is 2.38 bits per heavy atom. The first-order chi connectivity index (χ1) is 3.77. The van der Waals surface area contributed by atoms with Crippen LogP contribution in [-0.4, -0.2) is 20.3 Å². The molecule has 0 aliphatic carbocycles. The van der Waals surface area contributed by atoms with Crippen LogP contribution in [0, 0.1) is 0 Å². The van der Waals surface area contributed by atoms with Gasteiger partial charge in [-0.2, -0.15) is 0 Å². The van der Waals surface area contributed by atoms with Crippen molar-refractivity contribution in [2.75, 3.05) is 20.3 Å². The smallest absolute Gasteiger partial charge is 0.0635 e. The third-order valence-corrected chi connectivity index (χ3v) is 0.733. The third kappa shape index (κ3) is 5.50. The summed E-state index contributed by atoms with van der Waals surface area (Å²) >= 11 is 0. The van der Waals surface area contributed by atoms with Crippen LogP contribution in [0.1, 0.15) is 6.92 Å². The molecule has 0 unspecified atom stereocenters. The Balaban J connectivity index is 2.82. The zero-order valence-electron chi connectivity index (χ0n) is 5.53. The average molecular weight is 115 g/mol. The van der Waals surface area contributed by atoms with Crippen LogP contribution < -0.4 is 5.32 Å². The summed E-state index contributed by atoms with van der Waals surface area (Å²) in [4.78, 5) is 0. The first kappa shape index (κ1) is 7.50. The fourth-order valence-corrected chi connectivity index (χ4v) is 0.366. The van der Waals surface area contributed by atoms with Crippen molar-refractivity contribution in [3.63, 3.8) is 0 Å². The number of methoxy groups -OCH3 is 1. The first-order valence-electron chi connectivity index (χ1n) is 2.65. The number of ether oxygens (including phenoxy) is 1. The lowest BCUT2D eigenvalue weighted by molar-refractivity contribution is 0.202. The Morgan fingerprint density at radius 3 is 2.75 bits per heavy atom. The standard InChI is InChI=1S/C6H13NO/c1-6(2)7-4-5-8-3/h7H,1,4-5H2,2-3H3. The van der Waals surface area contributed by atoms with Gasteiger partial charge in [0.05, 0.1) is 6.61 Å². The van der Waals surface area contributed by atoms with E-state index in [0.717, 1.165) is 18.8 Å². The molecule has 0 aliphatic rings. The molecule has 0 saturated heterocycles. The van der Waals surface area contributed by atoms with Crippen molar-refractivity contribution in [1.82, 2.24) is 5.32 Å². The molecule has 0 aromatic carbocycles. The second kappa shape index (κ2) is 4.65. The van der Waals surface area contributed by atoms with Crippen molar-refractivity contribution >= 4 is 0 Å². The van der Waals surface area contributed by atoms with Crippen LogP contribution in [0.25, 0.3) is 0 Å². The molecule has 1 N–H and O–H groups in total. The third-order valence-electron chi connectivity index (χ3n) is 0.733. The van der Waals surface area contributed by atoms with Crippen molar-refractivity contribution in [1.29, 1.82) is 0 Å². The maximum absolute atomic E-state index is 4.79. The summed E-state index contributed by atoms with van der Waals surface area (Å²) in [5, 5.41) is 3.03. The largest absolute Gasteiger partial charge is 0.387 e. The highest BCUT2D eigenvalue weighted by Gasteiger charge is 1.80. The van der Waals surface area contributed by atoms with E-state index in [0.29, 0.717) is 0 Å². The van der Waals surface area contributed by atoms with Crippen molar-refractivity contribution in [2.24, 2.45) is 0 Å². The monoisotopic (exact) mass is 115 g/mol. The van der Waals surface area contributed by atoms with E-state index in [2.05, 4.69) is 11.9 Å². The maximum Gasteiger partial charge on any atom is 0.0635 e. The second-order valence-electron chi connectivity index (χ2n) is 1.70. The van der Waals surface area contributed by atoms with Gasteiger partial charge in [-0.3, -0.25) is 0 Å². The van der Waals surface area contributed by atoms with E-state index < -0.39 is 0 Å². The molecule has 2 heteroatoms. The Bertz CT molecular complexity index is 70.9. The number of rotatable bonds is 4. The topological polar surface area (TPSA) is 21.3 Å². The number of nitrogens with one attached hydrogen (secondary N) is 1. The molecule has 48 valence electrons. The minimum Gasteiger partial charge on any atom is -0.387 e. The molecule has 0 atom stereocenters. The Hall–Kier alpha value is -0.500. The predicted octanol–water partition coefficient (Wildman–Crippen LogP) is 0.756. The highest BCUT2D eigenvalue weighted by atomic mass is 16.5. The second-order valence-corrected chi connectivity index (χ2v) is 1.70. The van der Waals surface area contributed by atoms with Crippen LogP contribution in [0.15, 0.2) is 12.3 Å². The number of allylic oxidation sites excluding steroid dienone is 1. The van der Waals surface area contributed by atoms with Crippen LogP contribution in [-0.2, 0) is 4.74 Å². The van der Waals surface area contributed by atoms with Gasteiger partial charge in [-0.25, -0.2) is 0 Å². The summed E-state index contributed by atoms with van der Waals surface area (Å²) < 4.78 is 4.79. The Kier molecular flexibility index (Phi) is 4.36. The highest BCUT2D eigenvalue weighted by Crippen LogP contribution is 1.75. The van der Waals surface area contributed by atoms with Crippen LogP contribution >= 0.6 is 0 Å². The van der Waals surface area contributed by atoms with Gasteiger partial charge in [0.2, 0.25) is 0 Å². The fourth-order valence-electron chi connectivity index (χ4n) is 0.366. The van der Waals surface area contributed by atoms with Gasteiger partial charge in [-0.05, 0) is 6.92 Å². The maximum atomic E-state index is 4.79. The predicted molar refractivity (Wildman–Crippen MR) is 34.7 cm³/mol. The van der Waals surface area contributed by atoms with Gasteiger partial charge >= 0.3 is 0 Å². The molecular weight excluding hydrogens is 102 g/mol. The van der Waals surface area contributed by atoms with Gasteiger partial charge in [-0.1, -0.05) is 6.58 Å². The molecular formula is C6H13NO. The summed E-state index contributed by atoms with van der Waals surface area (Å²) in [5.74, 6) is 0. The first-order valence-corrected chi connectivity index (χ1v) is 2.65. The van der Waals surface area contributed by atoms with Gasteiger partial charge in [0.25, 0.3) is 0 Å².